The number of hydrogen-bond acceptors (Lipinski definition) is 4. The number of nitrogen functional groups attached to an aromatic ring is 1. The lowest BCUT2D eigenvalue weighted by atomic mass is 9.94. The van der Waals surface area contributed by atoms with E-state index >= 15 is 0 Å². The molecule has 1 saturated heterocycles. The predicted molar refractivity (Wildman–Crippen MR) is 70.8 cm³/mol. The predicted octanol–water partition coefficient (Wildman–Crippen LogP) is 1.99. The van der Waals surface area contributed by atoms with Crippen LogP contribution in [0.25, 0.3) is 0 Å². The van der Waals surface area contributed by atoms with Crippen LogP contribution in [0.2, 0.25) is 0 Å². The van der Waals surface area contributed by atoms with E-state index < -0.39 is 5.97 Å². The van der Waals surface area contributed by atoms with Crippen LogP contribution < -0.4 is 10.6 Å². The van der Waals surface area contributed by atoms with Crippen molar-refractivity contribution in [3.8, 4) is 0 Å². The number of carboxylic acids is 1. The quantitative estimate of drug-likeness (QED) is 0.856. The molecule has 3 N–H and O–H groups in total. The number of aromatic nitrogens is 1. The van der Waals surface area contributed by atoms with Crippen molar-refractivity contribution in [2.24, 2.45) is 5.92 Å². The molecule has 1 aromatic rings. The highest BCUT2D eigenvalue weighted by Gasteiger charge is 2.22. The number of piperidine rings is 1. The summed E-state index contributed by atoms with van der Waals surface area (Å²) in [6.07, 6.45) is 4.96. The lowest BCUT2D eigenvalue weighted by Crippen LogP contribution is -2.34. The highest BCUT2D eigenvalue weighted by atomic mass is 16.4. The van der Waals surface area contributed by atoms with Gasteiger partial charge < -0.3 is 15.7 Å². The fourth-order valence-electron chi connectivity index (χ4n) is 2.45. The van der Waals surface area contributed by atoms with Gasteiger partial charge in [-0.15, -0.1) is 0 Å². The number of hydrogen-bond donors (Lipinski definition) is 2. The van der Waals surface area contributed by atoms with Gasteiger partial charge in [-0.05, 0) is 24.8 Å². The topological polar surface area (TPSA) is 79.5 Å². The Hall–Kier alpha value is -1.78. The minimum absolute atomic E-state index is 0.137. The molecule has 0 spiro atoms. The monoisotopic (exact) mass is 249 g/mol. The van der Waals surface area contributed by atoms with Crippen LogP contribution in [-0.4, -0.2) is 29.1 Å². The molecule has 0 aromatic carbocycles. The Bertz CT molecular complexity index is 440. The fraction of sp³-hybridized carbons (Fsp3) is 0.538. The molecule has 0 saturated carbocycles. The first-order valence-corrected chi connectivity index (χ1v) is 6.36. The van der Waals surface area contributed by atoms with E-state index in [1.54, 1.807) is 0 Å². The van der Waals surface area contributed by atoms with Gasteiger partial charge in [0, 0.05) is 19.3 Å². The Kier molecular flexibility index (Phi) is 3.69. The first kappa shape index (κ1) is 12.7. The maximum Gasteiger partial charge on any atom is 0.337 e. The number of nitrogens with two attached hydrogens (primary N) is 1. The van der Waals surface area contributed by atoms with E-state index in [1.165, 1.54) is 18.7 Å². The Balaban J connectivity index is 2.19. The first-order chi connectivity index (χ1) is 8.63. The molecule has 98 valence electrons. The molecular weight excluding hydrogens is 230 g/mol. The zero-order valence-electron chi connectivity index (χ0n) is 10.6. The van der Waals surface area contributed by atoms with Gasteiger partial charge in [-0.2, -0.15) is 0 Å². The van der Waals surface area contributed by atoms with E-state index in [2.05, 4.69) is 16.8 Å². The molecular formula is C13H19N3O2. The van der Waals surface area contributed by atoms with Gasteiger partial charge in [-0.3, -0.25) is 0 Å². The van der Waals surface area contributed by atoms with E-state index in [1.807, 2.05) is 0 Å². The van der Waals surface area contributed by atoms with Gasteiger partial charge in [-0.1, -0.05) is 13.3 Å². The minimum atomic E-state index is -1.00. The molecule has 1 aliphatic heterocycles. The van der Waals surface area contributed by atoms with Crippen molar-refractivity contribution in [1.82, 2.24) is 4.98 Å². The highest BCUT2D eigenvalue weighted by molar-refractivity contribution is 5.96. The van der Waals surface area contributed by atoms with Crippen LogP contribution >= 0.6 is 0 Å². The zero-order valence-corrected chi connectivity index (χ0v) is 10.6. The van der Waals surface area contributed by atoms with E-state index in [9.17, 15) is 4.79 Å². The molecule has 1 aliphatic rings. The van der Waals surface area contributed by atoms with Gasteiger partial charge in [-0.25, -0.2) is 9.78 Å². The summed E-state index contributed by atoms with van der Waals surface area (Å²) in [7, 11) is 0. The lowest BCUT2D eigenvalue weighted by Gasteiger charge is -2.33. The second kappa shape index (κ2) is 5.25. The number of anilines is 2. The van der Waals surface area contributed by atoms with Crippen molar-refractivity contribution in [1.29, 1.82) is 0 Å². The number of carbonyl (C=O) groups is 1. The molecule has 0 amide bonds. The molecule has 1 aromatic heterocycles. The van der Waals surface area contributed by atoms with Gasteiger partial charge in [0.05, 0.1) is 11.3 Å². The van der Waals surface area contributed by atoms with Crippen LogP contribution in [0, 0.1) is 5.92 Å². The SMILES string of the molecule is CCC1CCN(c2nccc(C(=O)O)c2N)CC1. The summed E-state index contributed by atoms with van der Waals surface area (Å²) in [4.78, 5) is 17.4. The summed E-state index contributed by atoms with van der Waals surface area (Å²) < 4.78 is 0. The summed E-state index contributed by atoms with van der Waals surface area (Å²) in [5.74, 6) is 0.383. The van der Waals surface area contributed by atoms with Crippen LogP contribution in [0.4, 0.5) is 11.5 Å². The van der Waals surface area contributed by atoms with Gasteiger partial charge in [0.1, 0.15) is 0 Å². The average molecular weight is 249 g/mol. The van der Waals surface area contributed by atoms with Crippen molar-refractivity contribution in [3.63, 3.8) is 0 Å². The first-order valence-electron chi connectivity index (χ1n) is 6.36. The molecule has 0 bridgehead atoms. The highest BCUT2D eigenvalue weighted by Crippen LogP contribution is 2.29. The maximum absolute atomic E-state index is 11.0. The van der Waals surface area contributed by atoms with Gasteiger partial charge in [0.15, 0.2) is 5.82 Å². The van der Waals surface area contributed by atoms with Gasteiger partial charge in [0.25, 0.3) is 0 Å². The number of rotatable bonds is 3. The third-order valence-corrected chi connectivity index (χ3v) is 3.69. The van der Waals surface area contributed by atoms with Crippen molar-refractivity contribution < 1.29 is 9.90 Å². The number of nitrogens with zero attached hydrogens (tertiary/aromatic N) is 2. The summed E-state index contributed by atoms with van der Waals surface area (Å²) >= 11 is 0. The van der Waals surface area contributed by atoms with Crippen LogP contribution in [0.3, 0.4) is 0 Å². The molecule has 5 nitrogen and oxygen atoms in total. The van der Waals surface area contributed by atoms with E-state index in [-0.39, 0.29) is 11.3 Å². The Labute approximate surface area is 107 Å². The summed E-state index contributed by atoms with van der Waals surface area (Å²) in [5, 5.41) is 9.04. The molecule has 18 heavy (non-hydrogen) atoms. The van der Waals surface area contributed by atoms with E-state index in [0.717, 1.165) is 31.8 Å². The summed E-state index contributed by atoms with van der Waals surface area (Å²) in [6, 6.07) is 1.44. The third kappa shape index (κ3) is 2.39. The smallest absolute Gasteiger partial charge is 0.337 e. The zero-order chi connectivity index (χ0) is 13.1. The van der Waals surface area contributed by atoms with Crippen molar-refractivity contribution in [2.45, 2.75) is 26.2 Å². The normalized spacial score (nSPS) is 16.8. The molecule has 5 heteroatoms. The van der Waals surface area contributed by atoms with Crippen LogP contribution in [0.5, 0.6) is 0 Å². The fourth-order valence-corrected chi connectivity index (χ4v) is 2.45. The van der Waals surface area contributed by atoms with Gasteiger partial charge >= 0.3 is 5.97 Å². The summed E-state index contributed by atoms with van der Waals surface area (Å²) in [6.45, 7) is 4.01. The number of carboxylic acid groups (broad SMARTS) is 1. The maximum atomic E-state index is 11.0. The van der Waals surface area contributed by atoms with Crippen molar-refractivity contribution in [2.75, 3.05) is 23.7 Å². The third-order valence-electron chi connectivity index (χ3n) is 3.69. The standard InChI is InChI=1S/C13H19N3O2/c1-2-9-4-7-16(8-5-9)12-11(14)10(13(17)18)3-6-15-12/h3,6,9H,2,4-5,7-8,14H2,1H3,(H,17,18). The molecule has 2 rings (SSSR count). The number of pyridine rings is 1. The average Bonchev–Trinajstić information content (AvgIpc) is 2.39. The van der Waals surface area contributed by atoms with Crippen LogP contribution in [0.1, 0.15) is 36.5 Å². The summed E-state index contributed by atoms with van der Waals surface area (Å²) in [5.41, 5.74) is 6.31. The molecule has 0 radical (unpaired) electrons. The molecule has 1 fully saturated rings. The second-order valence-corrected chi connectivity index (χ2v) is 4.74. The van der Waals surface area contributed by atoms with Crippen LogP contribution in [-0.2, 0) is 0 Å². The van der Waals surface area contributed by atoms with E-state index in [0.29, 0.717) is 5.82 Å². The molecule has 2 heterocycles. The Morgan fingerprint density at radius 3 is 2.78 bits per heavy atom. The second-order valence-electron chi connectivity index (χ2n) is 4.74. The Morgan fingerprint density at radius 2 is 2.22 bits per heavy atom. The molecule has 0 aliphatic carbocycles. The molecule has 0 unspecified atom stereocenters. The van der Waals surface area contributed by atoms with Crippen LogP contribution in [0.15, 0.2) is 12.3 Å². The largest absolute Gasteiger partial charge is 0.478 e. The minimum Gasteiger partial charge on any atom is -0.478 e. The number of aromatic carboxylic acids is 1. The Morgan fingerprint density at radius 1 is 1.56 bits per heavy atom. The van der Waals surface area contributed by atoms with E-state index in [4.69, 9.17) is 10.8 Å². The van der Waals surface area contributed by atoms with Crippen molar-refractivity contribution >= 4 is 17.5 Å². The molecule has 0 atom stereocenters. The lowest BCUT2D eigenvalue weighted by molar-refractivity contribution is 0.0698. The van der Waals surface area contributed by atoms with Crippen molar-refractivity contribution in [3.05, 3.63) is 17.8 Å². The van der Waals surface area contributed by atoms with Gasteiger partial charge in [0.2, 0.25) is 0 Å².